The van der Waals surface area contributed by atoms with E-state index in [1.807, 2.05) is 36.4 Å². The maximum atomic E-state index is 11.6. The lowest BCUT2D eigenvalue weighted by Crippen LogP contribution is -2.12. The fourth-order valence-electron chi connectivity index (χ4n) is 2.41. The second kappa shape index (κ2) is 4.69. The number of anilines is 1. The third-order valence-corrected chi connectivity index (χ3v) is 3.38. The molecule has 1 heterocycles. The second-order valence-corrected chi connectivity index (χ2v) is 4.69. The Labute approximate surface area is 111 Å². The van der Waals surface area contributed by atoms with Crippen molar-refractivity contribution in [3.05, 3.63) is 65.2 Å². The Morgan fingerprint density at radius 3 is 2.58 bits per heavy atom. The number of nitrogens with one attached hydrogen (secondary N) is 1. The van der Waals surface area contributed by atoms with Crippen LogP contribution in [0, 0.1) is 0 Å². The first-order valence-electron chi connectivity index (χ1n) is 6.21. The Balaban J connectivity index is 1.89. The average Bonchev–Trinajstić information content (AvgIpc) is 2.74. The summed E-state index contributed by atoms with van der Waals surface area (Å²) in [7, 11) is 0. The molecule has 0 radical (unpaired) electrons. The van der Waals surface area contributed by atoms with Gasteiger partial charge in [0, 0.05) is 5.69 Å². The molecule has 0 aliphatic carbocycles. The largest absolute Gasteiger partial charge is 0.325 e. The quantitative estimate of drug-likeness (QED) is 0.673. The van der Waals surface area contributed by atoms with Crippen LogP contribution in [0.3, 0.4) is 0 Å². The number of carbonyl (C=O) groups is 2. The van der Waals surface area contributed by atoms with Crippen molar-refractivity contribution >= 4 is 17.9 Å². The van der Waals surface area contributed by atoms with Gasteiger partial charge < -0.3 is 10.1 Å². The van der Waals surface area contributed by atoms with Crippen molar-refractivity contribution in [3.63, 3.8) is 0 Å². The SMILES string of the molecule is O=CC1C(=O)Nc2cc(Cc3ccccc3)ccc21. The lowest BCUT2D eigenvalue weighted by atomic mass is 9.98. The monoisotopic (exact) mass is 251 g/mol. The molecule has 3 rings (SSSR count). The van der Waals surface area contributed by atoms with E-state index in [1.54, 1.807) is 0 Å². The lowest BCUT2D eigenvalue weighted by molar-refractivity contribution is -0.121. The van der Waals surface area contributed by atoms with Crippen molar-refractivity contribution in [1.29, 1.82) is 0 Å². The number of fused-ring (bicyclic) bond motifs is 1. The number of hydrogen-bond donors (Lipinski definition) is 1. The molecule has 1 unspecified atom stereocenters. The molecule has 1 aliphatic rings. The highest BCUT2D eigenvalue weighted by atomic mass is 16.2. The summed E-state index contributed by atoms with van der Waals surface area (Å²) in [6.45, 7) is 0. The van der Waals surface area contributed by atoms with Crippen LogP contribution in [0.4, 0.5) is 5.69 Å². The molecule has 2 aromatic rings. The highest BCUT2D eigenvalue weighted by Crippen LogP contribution is 2.32. The van der Waals surface area contributed by atoms with E-state index in [4.69, 9.17) is 0 Å². The zero-order valence-corrected chi connectivity index (χ0v) is 10.3. The molecule has 94 valence electrons. The van der Waals surface area contributed by atoms with Crippen LogP contribution in [-0.2, 0) is 16.0 Å². The van der Waals surface area contributed by atoms with Gasteiger partial charge in [0.1, 0.15) is 12.2 Å². The predicted octanol–water partition coefficient (Wildman–Crippen LogP) is 2.51. The van der Waals surface area contributed by atoms with Gasteiger partial charge >= 0.3 is 0 Å². The summed E-state index contributed by atoms with van der Waals surface area (Å²) in [5, 5.41) is 2.75. The molecule has 0 saturated carbocycles. The molecule has 3 heteroatoms. The van der Waals surface area contributed by atoms with Crippen LogP contribution in [-0.4, -0.2) is 12.2 Å². The Bertz CT molecular complexity index is 634. The predicted molar refractivity (Wildman–Crippen MR) is 73.1 cm³/mol. The maximum absolute atomic E-state index is 11.6. The third-order valence-electron chi connectivity index (χ3n) is 3.38. The highest BCUT2D eigenvalue weighted by molar-refractivity contribution is 6.11. The summed E-state index contributed by atoms with van der Waals surface area (Å²) >= 11 is 0. The molecular formula is C16H13NO2. The minimum atomic E-state index is -0.652. The minimum absolute atomic E-state index is 0.234. The molecule has 0 aromatic heterocycles. The van der Waals surface area contributed by atoms with Crippen LogP contribution in [0.2, 0.25) is 0 Å². The van der Waals surface area contributed by atoms with Crippen LogP contribution < -0.4 is 5.32 Å². The molecule has 19 heavy (non-hydrogen) atoms. The number of hydrogen-bond acceptors (Lipinski definition) is 2. The van der Waals surface area contributed by atoms with E-state index < -0.39 is 5.92 Å². The number of carbonyl (C=O) groups excluding carboxylic acids is 2. The van der Waals surface area contributed by atoms with E-state index in [-0.39, 0.29) is 5.91 Å². The molecule has 0 saturated heterocycles. The van der Waals surface area contributed by atoms with Crippen molar-refractivity contribution in [2.75, 3.05) is 5.32 Å². The summed E-state index contributed by atoms with van der Waals surface area (Å²) in [4.78, 5) is 22.5. The first-order chi connectivity index (χ1) is 9.28. The Hall–Kier alpha value is -2.42. The van der Waals surface area contributed by atoms with Crippen molar-refractivity contribution in [2.24, 2.45) is 0 Å². The van der Waals surface area contributed by atoms with Crippen molar-refractivity contribution in [1.82, 2.24) is 0 Å². The Morgan fingerprint density at radius 2 is 1.84 bits per heavy atom. The number of benzene rings is 2. The summed E-state index contributed by atoms with van der Waals surface area (Å²) in [6, 6.07) is 15.9. The van der Waals surface area contributed by atoms with Crippen molar-refractivity contribution in [2.45, 2.75) is 12.3 Å². The molecule has 3 nitrogen and oxygen atoms in total. The van der Waals surface area contributed by atoms with E-state index in [2.05, 4.69) is 17.4 Å². The molecule has 1 atom stereocenters. The highest BCUT2D eigenvalue weighted by Gasteiger charge is 2.29. The molecule has 0 bridgehead atoms. The Kier molecular flexibility index (Phi) is 2.88. The molecule has 2 aromatic carbocycles. The van der Waals surface area contributed by atoms with E-state index in [0.717, 1.165) is 23.2 Å². The average molecular weight is 251 g/mol. The van der Waals surface area contributed by atoms with Crippen molar-refractivity contribution in [3.8, 4) is 0 Å². The lowest BCUT2D eigenvalue weighted by Gasteiger charge is -2.05. The molecule has 1 amide bonds. The van der Waals surface area contributed by atoms with E-state index in [0.29, 0.717) is 6.29 Å². The van der Waals surface area contributed by atoms with Gasteiger partial charge in [0.15, 0.2) is 0 Å². The van der Waals surface area contributed by atoms with Crippen LogP contribution in [0.1, 0.15) is 22.6 Å². The summed E-state index contributed by atoms with van der Waals surface area (Å²) < 4.78 is 0. The zero-order valence-electron chi connectivity index (χ0n) is 10.3. The van der Waals surface area contributed by atoms with Crippen LogP contribution in [0.25, 0.3) is 0 Å². The number of amides is 1. The normalized spacial score (nSPS) is 16.8. The standard InChI is InChI=1S/C16H13NO2/c18-10-14-13-7-6-12(9-15(13)17-16(14)19)8-11-4-2-1-3-5-11/h1-7,9-10,14H,8H2,(H,17,19). The fraction of sp³-hybridized carbons (Fsp3) is 0.125. The molecule has 0 fully saturated rings. The third kappa shape index (κ3) is 2.15. The second-order valence-electron chi connectivity index (χ2n) is 4.69. The summed E-state index contributed by atoms with van der Waals surface area (Å²) in [5.41, 5.74) is 3.88. The van der Waals surface area contributed by atoms with Gasteiger partial charge in [-0.25, -0.2) is 0 Å². The van der Waals surface area contributed by atoms with E-state index in [9.17, 15) is 9.59 Å². The topological polar surface area (TPSA) is 46.2 Å². The van der Waals surface area contributed by atoms with E-state index in [1.165, 1.54) is 5.56 Å². The first-order valence-corrected chi connectivity index (χ1v) is 6.21. The van der Waals surface area contributed by atoms with Gasteiger partial charge in [-0.3, -0.25) is 4.79 Å². The molecular weight excluding hydrogens is 238 g/mol. The van der Waals surface area contributed by atoms with Crippen LogP contribution in [0.15, 0.2) is 48.5 Å². The molecule has 1 aliphatic heterocycles. The van der Waals surface area contributed by atoms with Crippen LogP contribution in [0.5, 0.6) is 0 Å². The fourth-order valence-corrected chi connectivity index (χ4v) is 2.41. The molecule has 1 N–H and O–H groups in total. The zero-order chi connectivity index (χ0) is 13.2. The summed E-state index contributed by atoms with van der Waals surface area (Å²) in [6.07, 6.45) is 1.51. The summed E-state index contributed by atoms with van der Waals surface area (Å²) in [5.74, 6) is -0.886. The smallest absolute Gasteiger partial charge is 0.239 e. The van der Waals surface area contributed by atoms with Gasteiger partial charge in [0.05, 0.1) is 0 Å². The van der Waals surface area contributed by atoms with Gasteiger partial charge in [0.25, 0.3) is 0 Å². The maximum Gasteiger partial charge on any atom is 0.239 e. The van der Waals surface area contributed by atoms with Crippen molar-refractivity contribution < 1.29 is 9.59 Å². The van der Waals surface area contributed by atoms with E-state index >= 15 is 0 Å². The van der Waals surface area contributed by atoms with Gasteiger partial charge in [-0.15, -0.1) is 0 Å². The minimum Gasteiger partial charge on any atom is -0.325 e. The Morgan fingerprint density at radius 1 is 1.05 bits per heavy atom. The first kappa shape index (κ1) is 11.7. The number of aldehydes is 1. The van der Waals surface area contributed by atoms with Gasteiger partial charge in [0.2, 0.25) is 5.91 Å². The molecule has 0 spiro atoms. The van der Waals surface area contributed by atoms with Gasteiger partial charge in [-0.1, -0.05) is 42.5 Å². The van der Waals surface area contributed by atoms with Crippen LogP contribution >= 0.6 is 0 Å². The van der Waals surface area contributed by atoms with Gasteiger partial charge in [-0.05, 0) is 29.2 Å². The van der Waals surface area contributed by atoms with Gasteiger partial charge in [-0.2, -0.15) is 0 Å². The number of rotatable bonds is 3.